The van der Waals surface area contributed by atoms with E-state index < -0.39 is 0 Å². The van der Waals surface area contributed by atoms with E-state index in [9.17, 15) is 0 Å². The summed E-state index contributed by atoms with van der Waals surface area (Å²) >= 11 is 1.63. The molecule has 0 spiro atoms. The molecule has 3 nitrogen and oxygen atoms in total. The number of aromatic nitrogens is 3. The lowest BCUT2D eigenvalue weighted by Crippen LogP contribution is -1.87. The molecule has 54 valence electrons. The average molecular weight is 163 g/mol. The summed E-state index contributed by atoms with van der Waals surface area (Å²) in [5, 5.41) is 11.6. The van der Waals surface area contributed by atoms with Crippen molar-refractivity contribution in [2.75, 3.05) is 0 Å². The zero-order valence-corrected chi connectivity index (χ0v) is 6.45. The van der Waals surface area contributed by atoms with Crippen LogP contribution >= 0.6 is 11.3 Å². The summed E-state index contributed by atoms with van der Waals surface area (Å²) in [7, 11) is 0. The zero-order chi connectivity index (χ0) is 7.52. The second-order valence-corrected chi connectivity index (χ2v) is 2.76. The fourth-order valence-electron chi connectivity index (χ4n) is 0.772. The van der Waals surface area contributed by atoms with Gasteiger partial charge in [-0.25, -0.2) is 4.98 Å². The monoisotopic (exact) mass is 163 g/mol. The molecule has 0 atom stereocenters. The van der Waals surface area contributed by atoms with Crippen LogP contribution in [0, 0.1) is 0 Å². The van der Waals surface area contributed by atoms with Gasteiger partial charge in [-0.05, 0) is 11.4 Å². The number of hydrogen-bond acceptors (Lipinski definition) is 4. The fourth-order valence-corrected chi connectivity index (χ4v) is 1.41. The van der Waals surface area contributed by atoms with Crippen LogP contribution in [0.25, 0.3) is 11.4 Å². The molecule has 0 aliphatic rings. The number of hydrogen-bond donors (Lipinski definition) is 0. The van der Waals surface area contributed by atoms with Gasteiger partial charge in [0.15, 0.2) is 5.82 Å². The van der Waals surface area contributed by atoms with E-state index in [1.807, 2.05) is 16.8 Å². The maximum atomic E-state index is 4.05. The molecule has 0 N–H and O–H groups in total. The molecule has 2 aromatic heterocycles. The molecule has 0 bridgehead atoms. The molecule has 11 heavy (non-hydrogen) atoms. The van der Waals surface area contributed by atoms with Crippen molar-refractivity contribution in [3.05, 3.63) is 29.2 Å². The van der Waals surface area contributed by atoms with E-state index in [-0.39, 0.29) is 0 Å². The Morgan fingerprint density at radius 2 is 2.27 bits per heavy atom. The van der Waals surface area contributed by atoms with Crippen molar-refractivity contribution in [1.29, 1.82) is 0 Å². The van der Waals surface area contributed by atoms with Gasteiger partial charge in [0.05, 0.1) is 6.20 Å². The molecular formula is C7H5N3S. The third-order valence-electron chi connectivity index (χ3n) is 1.26. The fraction of sp³-hybridized carbons (Fsp3) is 0. The van der Waals surface area contributed by atoms with Crippen molar-refractivity contribution in [3.63, 3.8) is 0 Å². The smallest absolute Gasteiger partial charge is 0.182 e. The van der Waals surface area contributed by atoms with Crippen LogP contribution < -0.4 is 0 Å². The Balaban J connectivity index is 2.46. The Morgan fingerprint density at radius 3 is 2.91 bits per heavy atom. The van der Waals surface area contributed by atoms with Crippen LogP contribution in [0.1, 0.15) is 0 Å². The first-order valence-corrected chi connectivity index (χ1v) is 4.07. The molecular weight excluding hydrogens is 158 g/mol. The summed E-state index contributed by atoms with van der Waals surface area (Å²) in [5.41, 5.74) is 1.03. The Morgan fingerprint density at radius 1 is 1.27 bits per heavy atom. The van der Waals surface area contributed by atoms with Crippen LogP contribution in [-0.4, -0.2) is 15.2 Å². The summed E-state index contributed by atoms with van der Waals surface area (Å²) < 4.78 is 0. The largest absolute Gasteiger partial charge is 0.233 e. The van der Waals surface area contributed by atoms with Gasteiger partial charge in [-0.2, -0.15) is 16.4 Å². The van der Waals surface area contributed by atoms with E-state index >= 15 is 0 Å². The van der Waals surface area contributed by atoms with E-state index in [0.29, 0.717) is 5.82 Å². The highest BCUT2D eigenvalue weighted by Gasteiger charge is 1.98. The summed E-state index contributed by atoms with van der Waals surface area (Å²) in [6.07, 6.45) is 3.20. The number of rotatable bonds is 1. The third-order valence-corrected chi connectivity index (χ3v) is 1.95. The second-order valence-electron chi connectivity index (χ2n) is 1.98. The van der Waals surface area contributed by atoms with Crippen molar-refractivity contribution in [3.8, 4) is 11.4 Å². The maximum Gasteiger partial charge on any atom is 0.182 e. The van der Waals surface area contributed by atoms with Crippen LogP contribution in [0.3, 0.4) is 0 Å². The average Bonchev–Trinajstić information content (AvgIpc) is 2.58. The number of nitrogens with zero attached hydrogens (tertiary/aromatic N) is 3. The van der Waals surface area contributed by atoms with Crippen LogP contribution in [0.5, 0.6) is 0 Å². The first-order chi connectivity index (χ1) is 5.47. The lowest BCUT2D eigenvalue weighted by atomic mass is 10.3. The highest BCUT2D eigenvalue weighted by molar-refractivity contribution is 7.08. The Hall–Kier alpha value is -1.29. The van der Waals surface area contributed by atoms with Gasteiger partial charge in [0, 0.05) is 17.1 Å². The van der Waals surface area contributed by atoms with Gasteiger partial charge in [0.2, 0.25) is 0 Å². The van der Waals surface area contributed by atoms with Gasteiger partial charge in [-0.3, -0.25) is 0 Å². The van der Waals surface area contributed by atoms with Gasteiger partial charge in [0.25, 0.3) is 0 Å². The van der Waals surface area contributed by atoms with Crippen molar-refractivity contribution in [2.45, 2.75) is 0 Å². The van der Waals surface area contributed by atoms with Crippen molar-refractivity contribution >= 4 is 11.3 Å². The summed E-state index contributed by atoms with van der Waals surface area (Å²) in [6.45, 7) is 0. The molecule has 0 aliphatic heterocycles. The van der Waals surface area contributed by atoms with E-state index in [1.54, 1.807) is 23.7 Å². The van der Waals surface area contributed by atoms with Gasteiger partial charge in [-0.15, -0.1) is 5.10 Å². The van der Waals surface area contributed by atoms with Gasteiger partial charge in [0.1, 0.15) is 0 Å². The zero-order valence-electron chi connectivity index (χ0n) is 5.64. The quantitative estimate of drug-likeness (QED) is 0.641. The molecule has 0 saturated carbocycles. The molecule has 0 fully saturated rings. The van der Waals surface area contributed by atoms with Gasteiger partial charge < -0.3 is 0 Å². The Bertz CT molecular complexity index is 317. The normalized spacial score (nSPS) is 9.82. The molecule has 0 radical (unpaired) electrons. The van der Waals surface area contributed by atoms with Crippen molar-refractivity contribution in [1.82, 2.24) is 15.2 Å². The minimum Gasteiger partial charge on any atom is -0.233 e. The molecule has 2 rings (SSSR count). The SMILES string of the molecule is c1cnc(-c2ccsc2)nn1. The van der Waals surface area contributed by atoms with Crippen molar-refractivity contribution in [2.24, 2.45) is 0 Å². The molecule has 2 aromatic rings. The number of thiophene rings is 1. The summed E-state index contributed by atoms with van der Waals surface area (Å²) in [4.78, 5) is 4.05. The van der Waals surface area contributed by atoms with E-state index in [2.05, 4.69) is 15.2 Å². The highest BCUT2D eigenvalue weighted by atomic mass is 32.1. The van der Waals surface area contributed by atoms with E-state index in [4.69, 9.17) is 0 Å². The molecule has 0 aliphatic carbocycles. The third kappa shape index (κ3) is 1.25. The van der Waals surface area contributed by atoms with E-state index in [1.165, 1.54) is 0 Å². The predicted molar refractivity (Wildman–Crippen MR) is 43.1 cm³/mol. The second kappa shape index (κ2) is 2.75. The topological polar surface area (TPSA) is 38.7 Å². The van der Waals surface area contributed by atoms with Crippen LogP contribution in [0.2, 0.25) is 0 Å². The maximum absolute atomic E-state index is 4.05. The summed E-state index contributed by atoms with van der Waals surface area (Å²) in [6, 6.07) is 1.97. The highest BCUT2D eigenvalue weighted by Crippen LogP contribution is 2.15. The Kier molecular flexibility index (Phi) is 1.61. The molecule has 0 aromatic carbocycles. The standard InChI is InChI=1S/C7H5N3S/c1-4-11-5-6(1)7-8-2-3-9-10-7/h1-5H. The Labute approximate surface area is 67.8 Å². The van der Waals surface area contributed by atoms with Crippen LogP contribution in [0.4, 0.5) is 0 Å². The van der Waals surface area contributed by atoms with Crippen molar-refractivity contribution < 1.29 is 0 Å². The molecule has 0 saturated heterocycles. The van der Waals surface area contributed by atoms with Gasteiger partial charge >= 0.3 is 0 Å². The predicted octanol–water partition coefficient (Wildman–Crippen LogP) is 1.60. The van der Waals surface area contributed by atoms with Crippen LogP contribution in [0.15, 0.2) is 29.2 Å². The molecule has 2 heterocycles. The summed E-state index contributed by atoms with van der Waals surface area (Å²) in [5.74, 6) is 0.689. The first-order valence-electron chi connectivity index (χ1n) is 3.13. The minimum atomic E-state index is 0.689. The molecule has 4 heteroatoms. The van der Waals surface area contributed by atoms with E-state index in [0.717, 1.165) is 5.56 Å². The molecule has 0 unspecified atom stereocenters. The minimum absolute atomic E-state index is 0.689. The first kappa shape index (κ1) is 6.42. The lowest BCUT2D eigenvalue weighted by molar-refractivity contribution is 0.981. The van der Waals surface area contributed by atoms with Gasteiger partial charge in [-0.1, -0.05) is 0 Å². The lowest BCUT2D eigenvalue weighted by Gasteiger charge is -1.89. The molecule has 0 amide bonds. The van der Waals surface area contributed by atoms with Crippen LogP contribution in [-0.2, 0) is 0 Å².